The quantitative estimate of drug-likeness (QED) is 0.512. The summed E-state index contributed by atoms with van der Waals surface area (Å²) < 4.78 is 45.8. The molecule has 0 atom stereocenters. The molecule has 0 unspecified atom stereocenters. The number of ether oxygens (including phenoxy) is 1. The number of nitrogens with one attached hydrogen (secondary N) is 1. The summed E-state index contributed by atoms with van der Waals surface area (Å²) in [6.45, 7) is -0.345. The summed E-state index contributed by atoms with van der Waals surface area (Å²) in [4.78, 5) is 21.0. The van der Waals surface area contributed by atoms with Gasteiger partial charge in [0.05, 0.1) is 29.7 Å². The van der Waals surface area contributed by atoms with Gasteiger partial charge in [-0.05, 0) is 18.2 Å². The molecule has 0 radical (unpaired) electrons. The predicted molar refractivity (Wildman–Crippen MR) is 78.1 cm³/mol. The van der Waals surface area contributed by atoms with Gasteiger partial charge in [0.1, 0.15) is 11.5 Å². The molecule has 1 N–H and O–H groups in total. The number of non-ortho nitro benzene ring substituents is 1. The Kier molecular flexibility index (Phi) is 5.02. The maximum atomic E-state index is 13.8. The SMILES string of the molecule is COC(=O)c1ccc(F)c(CNc2c(F)cc([N+](=O)[O-])cc2F)c1. The Bertz CT molecular complexity index is 788. The van der Waals surface area contributed by atoms with E-state index < -0.39 is 39.7 Å². The van der Waals surface area contributed by atoms with E-state index >= 15 is 0 Å². The minimum Gasteiger partial charge on any atom is -0.465 e. The first-order valence-corrected chi connectivity index (χ1v) is 6.57. The van der Waals surface area contributed by atoms with Crippen molar-refractivity contribution in [2.45, 2.75) is 6.54 Å². The summed E-state index contributed by atoms with van der Waals surface area (Å²) in [5.41, 5.74) is -1.34. The summed E-state index contributed by atoms with van der Waals surface area (Å²) in [6, 6.07) is 4.50. The zero-order chi connectivity index (χ0) is 17.9. The zero-order valence-electron chi connectivity index (χ0n) is 12.3. The van der Waals surface area contributed by atoms with Crippen LogP contribution in [0.5, 0.6) is 0 Å². The number of nitro benzene ring substituents is 1. The molecule has 0 saturated carbocycles. The standard InChI is InChI=1S/C15H11F3N2O4/c1-24-15(21)8-2-3-11(16)9(4-8)7-19-14-12(17)5-10(20(22)23)6-13(14)18/h2-6,19H,7H2,1H3. The highest BCUT2D eigenvalue weighted by molar-refractivity contribution is 5.89. The van der Waals surface area contributed by atoms with Gasteiger partial charge in [-0.15, -0.1) is 0 Å². The van der Waals surface area contributed by atoms with Gasteiger partial charge in [0.2, 0.25) is 0 Å². The van der Waals surface area contributed by atoms with Crippen molar-refractivity contribution in [2.24, 2.45) is 0 Å². The largest absolute Gasteiger partial charge is 0.465 e. The van der Waals surface area contributed by atoms with Crippen LogP contribution in [0.1, 0.15) is 15.9 Å². The normalized spacial score (nSPS) is 10.3. The number of carbonyl (C=O) groups is 1. The van der Waals surface area contributed by atoms with Gasteiger partial charge in [-0.1, -0.05) is 0 Å². The summed E-state index contributed by atoms with van der Waals surface area (Å²) in [5.74, 6) is -3.76. The highest BCUT2D eigenvalue weighted by Crippen LogP contribution is 2.25. The van der Waals surface area contributed by atoms with E-state index in [2.05, 4.69) is 10.1 Å². The molecule has 0 amide bonds. The van der Waals surface area contributed by atoms with E-state index in [1.807, 2.05) is 0 Å². The molecule has 0 fully saturated rings. The van der Waals surface area contributed by atoms with Gasteiger partial charge in [-0.25, -0.2) is 18.0 Å². The number of hydrogen-bond acceptors (Lipinski definition) is 5. The van der Waals surface area contributed by atoms with Gasteiger partial charge >= 0.3 is 5.97 Å². The number of carbonyl (C=O) groups excluding carboxylic acids is 1. The number of nitro groups is 1. The topological polar surface area (TPSA) is 81.5 Å². The molecular formula is C15H11F3N2O4. The number of halogens is 3. The van der Waals surface area contributed by atoms with Crippen LogP contribution in [0, 0.1) is 27.6 Å². The van der Waals surface area contributed by atoms with Gasteiger partial charge in [0, 0.05) is 12.1 Å². The fourth-order valence-corrected chi connectivity index (χ4v) is 1.97. The number of anilines is 1. The molecule has 24 heavy (non-hydrogen) atoms. The van der Waals surface area contributed by atoms with E-state index in [9.17, 15) is 28.1 Å². The van der Waals surface area contributed by atoms with Crippen molar-refractivity contribution < 1.29 is 27.6 Å². The molecule has 126 valence electrons. The third-order valence-corrected chi connectivity index (χ3v) is 3.16. The third kappa shape index (κ3) is 3.62. The molecular weight excluding hydrogens is 329 g/mol. The molecule has 2 aromatic rings. The van der Waals surface area contributed by atoms with E-state index in [-0.39, 0.29) is 17.7 Å². The minimum atomic E-state index is -1.19. The van der Waals surface area contributed by atoms with E-state index in [1.54, 1.807) is 0 Å². The Morgan fingerprint density at radius 1 is 1.17 bits per heavy atom. The molecule has 0 heterocycles. The van der Waals surface area contributed by atoms with Crippen LogP contribution in [0.3, 0.4) is 0 Å². The zero-order valence-corrected chi connectivity index (χ0v) is 12.3. The first kappa shape index (κ1) is 17.3. The van der Waals surface area contributed by atoms with Crippen LogP contribution in [0.25, 0.3) is 0 Å². The van der Waals surface area contributed by atoms with Crippen LogP contribution in [-0.4, -0.2) is 18.0 Å². The fraction of sp³-hybridized carbons (Fsp3) is 0.133. The molecule has 0 bridgehead atoms. The number of methoxy groups -OCH3 is 1. The Labute approximate surface area is 134 Å². The smallest absolute Gasteiger partial charge is 0.337 e. The predicted octanol–water partition coefficient (Wildman–Crippen LogP) is 3.41. The highest BCUT2D eigenvalue weighted by Gasteiger charge is 2.17. The van der Waals surface area contributed by atoms with E-state index in [1.165, 1.54) is 12.1 Å². The average Bonchev–Trinajstić information content (AvgIpc) is 2.54. The second-order valence-corrected chi connectivity index (χ2v) is 4.69. The van der Waals surface area contributed by atoms with Gasteiger partial charge in [-0.2, -0.15) is 0 Å². The van der Waals surface area contributed by atoms with Crippen LogP contribution >= 0.6 is 0 Å². The number of hydrogen-bond donors (Lipinski definition) is 1. The Morgan fingerprint density at radius 3 is 2.33 bits per heavy atom. The van der Waals surface area contributed by atoms with Gasteiger partial charge in [0.25, 0.3) is 5.69 Å². The van der Waals surface area contributed by atoms with Gasteiger partial charge in [0.15, 0.2) is 11.6 Å². The number of rotatable bonds is 5. The van der Waals surface area contributed by atoms with E-state index in [0.29, 0.717) is 12.1 Å². The fourth-order valence-electron chi connectivity index (χ4n) is 1.97. The minimum absolute atomic E-state index is 0.0324. The highest BCUT2D eigenvalue weighted by atomic mass is 19.1. The maximum absolute atomic E-state index is 13.8. The molecule has 0 saturated heterocycles. The summed E-state index contributed by atoms with van der Waals surface area (Å²) in [5, 5.41) is 12.9. The van der Waals surface area contributed by atoms with E-state index in [0.717, 1.165) is 13.2 Å². The number of esters is 1. The van der Waals surface area contributed by atoms with Crippen LogP contribution < -0.4 is 5.32 Å². The molecule has 6 nitrogen and oxygen atoms in total. The maximum Gasteiger partial charge on any atom is 0.337 e. The molecule has 2 aromatic carbocycles. The third-order valence-electron chi connectivity index (χ3n) is 3.16. The lowest BCUT2D eigenvalue weighted by Crippen LogP contribution is -2.08. The number of benzene rings is 2. The Balaban J connectivity index is 2.25. The monoisotopic (exact) mass is 340 g/mol. The van der Waals surface area contributed by atoms with Crippen molar-refractivity contribution >= 4 is 17.3 Å². The Morgan fingerprint density at radius 2 is 1.79 bits per heavy atom. The van der Waals surface area contributed by atoms with Gasteiger partial charge < -0.3 is 10.1 Å². The van der Waals surface area contributed by atoms with Crippen molar-refractivity contribution in [1.29, 1.82) is 0 Å². The van der Waals surface area contributed by atoms with Crippen molar-refractivity contribution in [3.05, 3.63) is 69.0 Å². The van der Waals surface area contributed by atoms with Crippen molar-refractivity contribution in [3.8, 4) is 0 Å². The van der Waals surface area contributed by atoms with Crippen LogP contribution in [-0.2, 0) is 11.3 Å². The molecule has 9 heteroatoms. The lowest BCUT2D eigenvalue weighted by atomic mass is 10.1. The second-order valence-electron chi connectivity index (χ2n) is 4.69. The summed E-state index contributed by atoms with van der Waals surface area (Å²) in [7, 11) is 1.16. The molecule has 2 rings (SSSR count). The average molecular weight is 340 g/mol. The second kappa shape index (κ2) is 6.99. The summed E-state index contributed by atoms with van der Waals surface area (Å²) >= 11 is 0. The van der Waals surface area contributed by atoms with E-state index in [4.69, 9.17) is 0 Å². The molecule has 0 spiro atoms. The van der Waals surface area contributed by atoms with Crippen LogP contribution in [0.2, 0.25) is 0 Å². The number of nitrogens with zero attached hydrogens (tertiary/aromatic N) is 1. The molecule has 0 aliphatic rings. The first-order valence-electron chi connectivity index (χ1n) is 6.57. The first-order chi connectivity index (χ1) is 11.3. The molecule has 0 aliphatic heterocycles. The van der Waals surface area contributed by atoms with Crippen LogP contribution in [0.4, 0.5) is 24.5 Å². The van der Waals surface area contributed by atoms with Crippen LogP contribution in [0.15, 0.2) is 30.3 Å². The van der Waals surface area contributed by atoms with Crippen molar-refractivity contribution in [3.63, 3.8) is 0 Å². The lowest BCUT2D eigenvalue weighted by Gasteiger charge is -2.10. The van der Waals surface area contributed by atoms with Crippen molar-refractivity contribution in [2.75, 3.05) is 12.4 Å². The summed E-state index contributed by atoms with van der Waals surface area (Å²) in [6.07, 6.45) is 0. The van der Waals surface area contributed by atoms with Gasteiger partial charge in [-0.3, -0.25) is 10.1 Å². The lowest BCUT2D eigenvalue weighted by molar-refractivity contribution is -0.385. The Hall–Kier alpha value is -3.10. The van der Waals surface area contributed by atoms with Crippen molar-refractivity contribution in [1.82, 2.24) is 0 Å². The molecule has 0 aromatic heterocycles. The molecule has 0 aliphatic carbocycles.